The van der Waals surface area contributed by atoms with Crippen molar-refractivity contribution in [3.63, 3.8) is 0 Å². The Morgan fingerprint density at radius 2 is 1.26 bits per heavy atom. The van der Waals surface area contributed by atoms with Crippen molar-refractivity contribution in [2.45, 2.75) is 92.4 Å². The fraction of sp³-hybridized carbons (Fsp3) is 0.850. The van der Waals surface area contributed by atoms with Gasteiger partial charge < -0.3 is 18.1 Å². The summed E-state index contributed by atoms with van der Waals surface area (Å²) < 4.78 is 18.1. The second-order valence-electron chi connectivity index (χ2n) is 6.49. The summed E-state index contributed by atoms with van der Waals surface area (Å²) in [6, 6.07) is 0. The van der Waals surface area contributed by atoms with Gasteiger partial charge in [0.05, 0.1) is 0 Å². The first kappa shape index (κ1) is 26.3. The molecule has 0 radical (unpaired) electrons. The second kappa shape index (κ2) is 16.2. The molecule has 0 aromatic carbocycles. The van der Waals surface area contributed by atoms with Gasteiger partial charge in [-0.2, -0.15) is 5.90 Å². The van der Waals surface area contributed by atoms with E-state index in [1.807, 2.05) is 20.8 Å². The minimum absolute atomic E-state index is 0.460. The van der Waals surface area contributed by atoms with Crippen molar-refractivity contribution in [3.8, 4) is 0 Å². The minimum atomic E-state index is -3.15. The Bertz CT molecular complexity index is 412. The molecule has 0 aliphatic rings. The Kier molecular flexibility index (Phi) is 15.8. The predicted molar refractivity (Wildman–Crippen MR) is 111 cm³/mol. The van der Waals surface area contributed by atoms with E-state index in [4.69, 9.17) is 19.2 Å². The lowest BCUT2D eigenvalue weighted by Gasteiger charge is -2.32. The quantitative estimate of drug-likeness (QED) is 0.162. The highest BCUT2D eigenvalue weighted by molar-refractivity contribution is 6.69. The largest absolute Gasteiger partial charge is 0.533 e. The first-order valence-corrected chi connectivity index (χ1v) is 12.3. The number of allylic oxidation sites excluding steroid dienone is 1. The van der Waals surface area contributed by atoms with E-state index in [2.05, 4.69) is 18.7 Å². The summed E-state index contributed by atoms with van der Waals surface area (Å²) in [6.45, 7) is 11.4. The molecule has 0 saturated heterocycles. The lowest BCUT2D eigenvalue weighted by Crippen LogP contribution is -2.49. The van der Waals surface area contributed by atoms with Crippen LogP contribution in [0.1, 0.15) is 92.4 Å². The first-order valence-electron chi connectivity index (χ1n) is 10.6. The third-order valence-corrected chi connectivity index (χ3v) is 7.67. The average molecular weight is 404 g/mol. The van der Waals surface area contributed by atoms with Gasteiger partial charge >= 0.3 is 14.8 Å². The van der Waals surface area contributed by atoms with Crippen LogP contribution < -0.4 is 5.90 Å². The Hall–Kier alpha value is -0.733. The molecule has 0 heterocycles. The summed E-state index contributed by atoms with van der Waals surface area (Å²) in [5, 5.41) is 0.833. The normalized spacial score (nSPS) is 12.8. The van der Waals surface area contributed by atoms with Crippen LogP contribution in [0.4, 0.5) is 0 Å². The molecule has 0 fully saturated rings. The molecular formula is C20H41NO5Si. The SMILES string of the molecule is CCCCCCCCC(C(=O)ON)=C(CCC)[Si](OCC)(OCC)OCC. The number of hydrogen-bond acceptors (Lipinski definition) is 6. The molecule has 6 nitrogen and oxygen atoms in total. The first-order chi connectivity index (χ1) is 13.1. The fourth-order valence-corrected chi connectivity index (χ4v) is 6.29. The average Bonchev–Trinajstić information content (AvgIpc) is 2.66. The van der Waals surface area contributed by atoms with Crippen LogP contribution in [0.5, 0.6) is 0 Å². The van der Waals surface area contributed by atoms with E-state index in [9.17, 15) is 4.79 Å². The maximum Gasteiger partial charge on any atom is 0.533 e. The van der Waals surface area contributed by atoms with Crippen LogP contribution in [0.25, 0.3) is 0 Å². The summed E-state index contributed by atoms with van der Waals surface area (Å²) in [6.07, 6.45) is 9.01. The highest BCUT2D eigenvalue weighted by Gasteiger charge is 2.47. The molecule has 0 aliphatic heterocycles. The van der Waals surface area contributed by atoms with Crippen LogP contribution in [-0.2, 0) is 22.9 Å². The summed E-state index contributed by atoms with van der Waals surface area (Å²) in [5.74, 6) is 4.75. The number of nitrogens with two attached hydrogens (primary N) is 1. The number of carbonyl (C=O) groups excluding carboxylic acids is 1. The standard InChI is InChI=1S/C20H41NO5Si/c1-6-11-12-13-14-15-17-18(20(22)26-21)19(16-7-2)27(23-8-3,24-9-4)25-10-5/h6-17,21H2,1-5H3. The highest BCUT2D eigenvalue weighted by atomic mass is 28.4. The van der Waals surface area contributed by atoms with Crippen molar-refractivity contribution in [2.24, 2.45) is 5.90 Å². The molecule has 0 aliphatic carbocycles. The van der Waals surface area contributed by atoms with Gasteiger partial charge in [0, 0.05) is 30.6 Å². The van der Waals surface area contributed by atoms with Crippen LogP contribution in [-0.4, -0.2) is 34.6 Å². The summed E-state index contributed by atoms with van der Waals surface area (Å²) >= 11 is 0. The molecule has 0 aromatic rings. The van der Waals surface area contributed by atoms with E-state index in [-0.39, 0.29) is 0 Å². The van der Waals surface area contributed by atoms with Crippen molar-refractivity contribution in [3.05, 3.63) is 10.8 Å². The number of hydrogen-bond donors (Lipinski definition) is 1. The van der Waals surface area contributed by atoms with E-state index in [0.717, 1.165) is 24.5 Å². The van der Waals surface area contributed by atoms with E-state index in [0.29, 0.717) is 38.2 Å². The molecule has 0 saturated carbocycles. The Morgan fingerprint density at radius 1 is 0.741 bits per heavy atom. The number of carbonyl (C=O) groups is 1. The lowest BCUT2D eigenvalue weighted by molar-refractivity contribution is -0.139. The molecule has 0 atom stereocenters. The molecule has 27 heavy (non-hydrogen) atoms. The molecule has 2 N–H and O–H groups in total. The van der Waals surface area contributed by atoms with E-state index >= 15 is 0 Å². The Balaban J connectivity index is 5.71. The van der Waals surface area contributed by atoms with Gasteiger partial charge in [-0.1, -0.05) is 52.4 Å². The zero-order valence-corrected chi connectivity index (χ0v) is 19.1. The molecule has 0 unspecified atom stereocenters. The highest BCUT2D eigenvalue weighted by Crippen LogP contribution is 2.30. The third kappa shape index (κ3) is 9.34. The summed E-state index contributed by atoms with van der Waals surface area (Å²) in [7, 11) is -3.15. The van der Waals surface area contributed by atoms with Crippen molar-refractivity contribution in [1.82, 2.24) is 0 Å². The molecular weight excluding hydrogens is 362 g/mol. The monoisotopic (exact) mass is 403 g/mol. The summed E-state index contributed by atoms with van der Waals surface area (Å²) in [5.41, 5.74) is 0.580. The van der Waals surface area contributed by atoms with Crippen LogP contribution in [0.2, 0.25) is 0 Å². The zero-order valence-electron chi connectivity index (χ0n) is 18.1. The number of rotatable bonds is 17. The van der Waals surface area contributed by atoms with Crippen LogP contribution in [0.15, 0.2) is 10.8 Å². The Morgan fingerprint density at radius 3 is 1.70 bits per heavy atom. The van der Waals surface area contributed by atoms with Crippen molar-refractivity contribution in [1.29, 1.82) is 0 Å². The van der Waals surface area contributed by atoms with Crippen LogP contribution in [0, 0.1) is 0 Å². The van der Waals surface area contributed by atoms with E-state index in [1.54, 1.807) is 0 Å². The van der Waals surface area contributed by atoms with E-state index < -0.39 is 14.8 Å². The van der Waals surface area contributed by atoms with Gasteiger partial charge in [-0.25, -0.2) is 4.79 Å². The molecule has 7 heteroatoms. The minimum Gasteiger partial charge on any atom is -0.370 e. The lowest BCUT2D eigenvalue weighted by atomic mass is 10.0. The van der Waals surface area contributed by atoms with Gasteiger partial charge in [0.1, 0.15) is 0 Å². The zero-order chi connectivity index (χ0) is 20.5. The molecule has 0 spiro atoms. The van der Waals surface area contributed by atoms with Gasteiger partial charge in [-0.05, 0) is 40.0 Å². The molecule has 160 valence electrons. The molecule has 0 rings (SSSR count). The molecule has 0 aromatic heterocycles. The van der Waals surface area contributed by atoms with Crippen LogP contribution in [0.3, 0.4) is 0 Å². The number of unbranched alkanes of at least 4 members (excludes halogenated alkanes) is 5. The maximum atomic E-state index is 12.5. The van der Waals surface area contributed by atoms with Crippen LogP contribution >= 0.6 is 0 Å². The van der Waals surface area contributed by atoms with Crippen molar-refractivity contribution >= 4 is 14.8 Å². The Labute approximate surface area is 167 Å². The second-order valence-corrected chi connectivity index (χ2v) is 9.07. The van der Waals surface area contributed by atoms with Crippen molar-refractivity contribution < 1.29 is 22.9 Å². The smallest absolute Gasteiger partial charge is 0.370 e. The fourth-order valence-electron chi connectivity index (χ4n) is 3.22. The van der Waals surface area contributed by atoms with Gasteiger partial charge in [0.15, 0.2) is 0 Å². The van der Waals surface area contributed by atoms with Gasteiger partial charge in [0.25, 0.3) is 0 Å². The topological polar surface area (TPSA) is 80.0 Å². The molecule has 0 bridgehead atoms. The summed E-state index contributed by atoms with van der Waals surface area (Å²) in [4.78, 5) is 17.1. The van der Waals surface area contributed by atoms with Crippen molar-refractivity contribution in [2.75, 3.05) is 19.8 Å². The predicted octanol–water partition coefficient (Wildman–Crippen LogP) is 4.84. The van der Waals surface area contributed by atoms with E-state index in [1.165, 1.54) is 25.7 Å². The maximum absolute atomic E-state index is 12.5. The molecule has 0 amide bonds. The van der Waals surface area contributed by atoms with Gasteiger partial charge in [-0.15, -0.1) is 0 Å². The van der Waals surface area contributed by atoms with Gasteiger partial charge in [0.2, 0.25) is 0 Å². The third-order valence-electron chi connectivity index (χ3n) is 4.37. The van der Waals surface area contributed by atoms with Gasteiger partial charge in [-0.3, -0.25) is 0 Å².